The molecular weight excluding hydrogens is 1380 g/mol. The van der Waals surface area contributed by atoms with Gasteiger partial charge in [0.15, 0.2) is 0 Å². The number of aromatic nitrogens is 2. The predicted molar refractivity (Wildman–Crippen MR) is 368 cm³/mol. The summed E-state index contributed by atoms with van der Waals surface area (Å²) in [6, 6.07) is 48.9. The number of methoxy groups -OCH3 is 4. The summed E-state index contributed by atoms with van der Waals surface area (Å²) < 4.78 is 64.2. The lowest BCUT2D eigenvalue weighted by Crippen LogP contribution is -2.66. The monoisotopic (exact) mass is 1460 g/mol. The van der Waals surface area contributed by atoms with Crippen molar-refractivity contribution in [3.8, 4) is 45.3 Å². The lowest BCUT2D eigenvalue weighted by Gasteiger charge is -2.43. The SMILES string of the molecule is CCC(Oc1cc([C@H](C2CC2)[C@H](C)C(=O)OC)ccc1I)c1ccc(-c2cc(OC)ccc2F)cn1.COC(=O)[C@@H](C)[C@H](c1ccc(I)c(O)c1)C1CC1.COc1ccc(F)c(-c2ccc(C(O)CO[Si](c3ccccc3)(c3ccccc3)C(C)(C)C)nc2)c1. The van der Waals surface area contributed by atoms with Gasteiger partial charge in [-0.2, -0.15) is 0 Å². The number of nitrogens with zero attached hydrogens (tertiary/aromatic N) is 2. The first-order valence-electron chi connectivity index (χ1n) is 30.3. The van der Waals surface area contributed by atoms with Crippen LogP contribution in [0.4, 0.5) is 8.78 Å². The van der Waals surface area contributed by atoms with Gasteiger partial charge in [-0.25, -0.2) is 8.78 Å². The smallest absolute Gasteiger partial charge is 0.309 e. The minimum absolute atomic E-state index is 0.0904. The number of aliphatic hydroxyl groups is 1. The van der Waals surface area contributed by atoms with E-state index in [0.29, 0.717) is 57.7 Å². The van der Waals surface area contributed by atoms with Crippen LogP contribution in [-0.4, -0.2) is 75.5 Å². The first-order chi connectivity index (χ1) is 43.2. The lowest BCUT2D eigenvalue weighted by atomic mass is 9.83. The van der Waals surface area contributed by atoms with Crippen molar-refractivity contribution in [3.05, 3.63) is 211 Å². The number of carbonyl (C=O) groups excluding carboxylic acids is 2. The summed E-state index contributed by atoms with van der Waals surface area (Å²) in [5, 5.41) is 23.0. The van der Waals surface area contributed by atoms with Crippen LogP contribution in [0.5, 0.6) is 23.0 Å². The molecule has 10 rings (SSSR count). The molecule has 0 bridgehead atoms. The van der Waals surface area contributed by atoms with Crippen LogP contribution in [0, 0.1) is 42.4 Å². The average Bonchev–Trinajstić information content (AvgIpc) is 1.42. The Labute approximate surface area is 556 Å². The first kappa shape index (κ1) is 69.1. The van der Waals surface area contributed by atoms with Crippen LogP contribution in [0.2, 0.25) is 5.04 Å². The van der Waals surface area contributed by atoms with Crippen molar-refractivity contribution >= 4 is 75.8 Å². The van der Waals surface area contributed by atoms with Crippen molar-refractivity contribution < 1.29 is 56.7 Å². The molecule has 2 aliphatic rings. The van der Waals surface area contributed by atoms with Crippen molar-refractivity contribution in [2.45, 2.75) is 103 Å². The quantitative estimate of drug-likeness (QED) is 0.0377. The Morgan fingerprint density at radius 1 is 0.611 bits per heavy atom. The van der Waals surface area contributed by atoms with E-state index in [1.54, 1.807) is 69.1 Å². The summed E-state index contributed by atoms with van der Waals surface area (Å²) >= 11 is 4.37. The summed E-state index contributed by atoms with van der Waals surface area (Å²) in [6.07, 6.45) is 7.29. The number of hydrogen-bond acceptors (Lipinski definition) is 12. The number of halogens is 4. The number of carbonyl (C=O) groups is 2. The lowest BCUT2D eigenvalue weighted by molar-refractivity contribution is -0.146. The van der Waals surface area contributed by atoms with Crippen molar-refractivity contribution in [2.75, 3.05) is 35.0 Å². The molecule has 2 aliphatic carbocycles. The van der Waals surface area contributed by atoms with E-state index in [9.17, 15) is 28.6 Å². The number of phenolic OH excluding ortho intramolecular Hbond substituents is 1. The van der Waals surface area contributed by atoms with Gasteiger partial charge in [0.25, 0.3) is 8.32 Å². The number of hydrogen-bond donors (Lipinski definition) is 2. The Morgan fingerprint density at radius 3 is 1.47 bits per heavy atom. The first-order valence-corrected chi connectivity index (χ1v) is 34.4. The van der Waals surface area contributed by atoms with E-state index in [1.807, 2.05) is 87.5 Å². The Balaban J connectivity index is 0.000000184. The Hall–Kier alpha value is -6.78. The van der Waals surface area contributed by atoms with E-state index in [-0.39, 0.29) is 70.7 Å². The zero-order chi connectivity index (χ0) is 64.9. The summed E-state index contributed by atoms with van der Waals surface area (Å²) in [6.45, 7) is 12.6. The third-order valence-corrected chi connectivity index (χ3v) is 23.7. The molecule has 0 spiro atoms. The van der Waals surface area contributed by atoms with Crippen molar-refractivity contribution in [2.24, 2.45) is 23.7 Å². The van der Waals surface area contributed by atoms with Gasteiger partial charge in [-0.05, 0) is 200 Å². The number of aromatic hydroxyl groups is 1. The maximum absolute atomic E-state index is 14.4. The Morgan fingerprint density at radius 2 is 1.07 bits per heavy atom. The van der Waals surface area contributed by atoms with Gasteiger partial charge in [-0.3, -0.25) is 19.6 Å². The average molecular weight is 1470 g/mol. The van der Waals surface area contributed by atoms with E-state index in [0.717, 1.165) is 65.8 Å². The van der Waals surface area contributed by atoms with Gasteiger partial charge in [0, 0.05) is 34.6 Å². The minimum atomic E-state index is -2.78. The number of esters is 2. The maximum atomic E-state index is 14.4. The summed E-state index contributed by atoms with van der Waals surface area (Å²) in [5.41, 5.74) is 5.49. The molecule has 0 amide bonds. The molecule has 2 heterocycles. The zero-order valence-electron chi connectivity index (χ0n) is 52.6. The fraction of sp³-hybridized carbons (Fsp3) is 0.342. The molecule has 6 atom stereocenters. The number of rotatable bonds is 22. The Kier molecular flexibility index (Phi) is 24.2. The standard InChI is InChI=1S/C30H32FNO3Si.C29H31FINO4.C14H17IO3/c1-30(2,3)36(24-11-7-5-8-12-24,25-13-9-6-10-14-25)35-21-29(33)28-18-15-22(20-32-28)26-19-23(34-4)16-17-27(26)31;1-5-26(25-13-9-20(16-32-25)22-15-21(34-3)10-11-23(22)30)36-27-14-19(8-12-24(27)31)28(18-6-7-18)17(2)29(33)35-4;1-8(14(17)18-2)13(9-3-4-9)10-5-6-11(15)12(16)7-10/h5-20,29,33H,21H2,1-4H3;8-18,26,28H,5-7H2,1-4H3;5-9,13,16H,3-4H2,1-2H3/t;17-,26?,28-;8-,13-/m.00/s1. The molecule has 17 heteroatoms. The fourth-order valence-electron chi connectivity index (χ4n) is 11.8. The molecule has 474 valence electrons. The Bertz CT molecular complexity index is 3630. The van der Waals surface area contributed by atoms with Gasteiger partial charge < -0.3 is 38.3 Å². The molecule has 0 saturated heterocycles. The molecule has 0 radical (unpaired) electrons. The van der Waals surface area contributed by atoms with E-state index in [1.165, 1.54) is 26.4 Å². The highest BCUT2D eigenvalue weighted by Gasteiger charge is 2.50. The van der Waals surface area contributed by atoms with Crippen LogP contribution >= 0.6 is 45.2 Å². The summed E-state index contributed by atoms with van der Waals surface area (Å²) in [5.74, 6) is 2.06. The molecule has 2 aromatic heterocycles. The van der Waals surface area contributed by atoms with E-state index < -0.39 is 14.4 Å². The van der Waals surface area contributed by atoms with Gasteiger partial charge in [-0.1, -0.05) is 126 Å². The highest BCUT2D eigenvalue weighted by atomic mass is 127. The van der Waals surface area contributed by atoms with Crippen LogP contribution in [0.15, 0.2) is 170 Å². The van der Waals surface area contributed by atoms with E-state index >= 15 is 0 Å². The number of pyridine rings is 2. The van der Waals surface area contributed by atoms with Crippen molar-refractivity contribution in [3.63, 3.8) is 0 Å². The van der Waals surface area contributed by atoms with Gasteiger partial charge in [0.1, 0.15) is 46.8 Å². The maximum Gasteiger partial charge on any atom is 0.309 e. The number of aliphatic hydroxyl groups excluding tert-OH is 1. The molecule has 2 unspecified atom stereocenters. The molecule has 12 nitrogen and oxygen atoms in total. The fourth-order valence-corrected chi connectivity index (χ4v) is 17.2. The van der Waals surface area contributed by atoms with Gasteiger partial charge in [0.05, 0.1) is 65.4 Å². The number of phenols is 1. The van der Waals surface area contributed by atoms with Crippen LogP contribution in [0.3, 0.4) is 0 Å². The highest BCUT2D eigenvalue weighted by molar-refractivity contribution is 14.1. The minimum Gasteiger partial charge on any atom is -0.507 e. The second-order valence-corrected chi connectivity index (χ2v) is 30.5. The topological polar surface area (TPSA) is 156 Å². The molecule has 90 heavy (non-hydrogen) atoms. The summed E-state index contributed by atoms with van der Waals surface area (Å²) in [4.78, 5) is 33.1. The number of benzene rings is 6. The van der Waals surface area contributed by atoms with E-state index in [4.69, 9.17) is 28.1 Å². The van der Waals surface area contributed by atoms with E-state index in [2.05, 4.69) is 112 Å². The van der Waals surface area contributed by atoms with Crippen molar-refractivity contribution in [1.29, 1.82) is 0 Å². The molecule has 2 N–H and O–H groups in total. The van der Waals surface area contributed by atoms with Crippen LogP contribution in [-0.2, 0) is 23.5 Å². The summed E-state index contributed by atoms with van der Waals surface area (Å²) in [7, 11) is 3.19. The molecule has 2 saturated carbocycles. The van der Waals surface area contributed by atoms with Crippen LogP contribution in [0.25, 0.3) is 22.3 Å². The second-order valence-electron chi connectivity index (χ2n) is 23.9. The molecule has 6 aromatic carbocycles. The third kappa shape index (κ3) is 16.8. The number of ether oxygens (including phenoxy) is 5. The highest BCUT2D eigenvalue weighted by Crippen LogP contribution is 2.49. The predicted octanol–water partition coefficient (Wildman–Crippen LogP) is 16.1. The third-order valence-electron chi connectivity index (χ3n) is 16.9. The molecular formula is C73H80F2I2N2O10Si. The van der Waals surface area contributed by atoms with Crippen LogP contribution in [0.1, 0.15) is 120 Å². The normalized spacial score (nSPS) is 15.0. The molecule has 2 fully saturated rings. The van der Waals surface area contributed by atoms with Crippen LogP contribution < -0.4 is 24.6 Å². The van der Waals surface area contributed by atoms with Gasteiger partial charge in [-0.15, -0.1) is 0 Å². The largest absolute Gasteiger partial charge is 0.507 e. The van der Waals surface area contributed by atoms with Crippen molar-refractivity contribution in [1.82, 2.24) is 9.97 Å². The molecule has 0 aliphatic heterocycles. The second kappa shape index (κ2) is 31.5. The zero-order valence-corrected chi connectivity index (χ0v) is 57.9. The van der Waals surface area contributed by atoms with Gasteiger partial charge >= 0.3 is 11.9 Å². The van der Waals surface area contributed by atoms with Gasteiger partial charge in [0.2, 0.25) is 0 Å². The molecule has 8 aromatic rings.